The zero-order valence-electron chi connectivity index (χ0n) is 13.7. The van der Waals surface area contributed by atoms with Gasteiger partial charge < -0.3 is 10.6 Å². The minimum absolute atomic E-state index is 0. The monoisotopic (exact) mass is 338 g/mol. The summed E-state index contributed by atoms with van der Waals surface area (Å²) in [4.78, 5) is 23.0. The normalized spacial score (nSPS) is 20.8. The van der Waals surface area contributed by atoms with E-state index in [1.54, 1.807) is 4.52 Å². The summed E-state index contributed by atoms with van der Waals surface area (Å²) in [5, 5.41) is 4.39. The molecule has 0 saturated carbocycles. The summed E-state index contributed by atoms with van der Waals surface area (Å²) in [5.74, 6) is 1.13. The fourth-order valence-corrected chi connectivity index (χ4v) is 2.93. The van der Waals surface area contributed by atoms with Crippen molar-refractivity contribution in [3.63, 3.8) is 0 Å². The SMILES string of the molecule is Cc1cc(C)n2nc(CC(=O)N3CCC(C)(CN)C3)nc2n1.Cl. The lowest BCUT2D eigenvalue weighted by atomic mass is 9.90. The van der Waals surface area contributed by atoms with Crippen molar-refractivity contribution in [3.8, 4) is 0 Å². The van der Waals surface area contributed by atoms with Gasteiger partial charge in [0.2, 0.25) is 5.91 Å². The highest BCUT2D eigenvalue weighted by Crippen LogP contribution is 2.28. The number of carbonyl (C=O) groups is 1. The molecule has 126 valence electrons. The molecule has 1 atom stereocenters. The number of hydrogen-bond donors (Lipinski definition) is 1. The molecule has 2 aromatic heterocycles. The van der Waals surface area contributed by atoms with Crippen LogP contribution in [-0.2, 0) is 11.2 Å². The first kappa shape index (κ1) is 17.6. The van der Waals surface area contributed by atoms with Gasteiger partial charge in [0.25, 0.3) is 5.78 Å². The predicted octanol–water partition coefficient (Wildman–Crippen LogP) is 0.903. The molecule has 2 aromatic rings. The molecule has 0 bridgehead atoms. The van der Waals surface area contributed by atoms with Crippen molar-refractivity contribution in [3.05, 3.63) is 23.3 Å². The number of aryl methyl sites for hydroxylation is 2. The first-order valence-electron chi connectivity index (χ1n) is 7.58. The third-order valence-electron chi connectivity index (χ3n) is 4.37. The van der Waals surface area contributed by atoms with Crippen molar-refractivity contribution in [1.82, 2.24) is 24.5 Å². The molecular formula is C15H23ClN6O. The van der Waals surface area contributed by atoms with Crippen molar-refractivity contribution in [2.75, 3.05) is 19.6 Å². The Bertz CT molecular complexity index is 730. The quantitative estimate of drug-likeness (QED) is 0.898. The second-order valence-electron chi connectivity index (χ2n) is 6.54. The van der Waals surface area contributed by atoms with Gasteiger partial charge >= 0.3 is 0 Å². The number of likely N-dealkylation sites (tertiary alicyclic amines) is 1. The van der Waals surface area contributed by atoms with E-state index in [2.05, 4.69) is 22.0 Å². The highest BCUT2D eigenvalue weighted by Gasteiger charge is 2.35. The maximum Gasteiger partial charge on any atom is 0.252 e. The van der Waals surface area contributed by atoms with Crippen LogP contribution in [0.5, 0.6) is 0 Å². The summed E-state index contributed by atoms with van der Waals surface area (Å²) in [6.07, 6.45) is 1.16. The molecule has 1 amide bonds. The summed E-state index contributed by atoms with van der Waals surface area (Å²) in [5.41, 5.74) is 7.69. The molecule has 0 radical (unpaired) electrons. The van der Waals surface area contributed by atoms with E-state index < -0.39 is 0 Å². The topological polar surface area (TPSA) is 89.4 Å². The number of fused-ring (bicyclic) bond motifs is 1. The minimum atomic E-state index is 0. The molecule has 8 heteroatoms. The van der Waals surface area contributed by atoms with Crippen LogP contribution in [0.3, 0.4) is 0 Å². The maximum absolute atomic E-state index is 12.4. The lowest BCUT2D eigenvalue weighted by molar-refractivity contribution is -0.129. The zero-order valence-corrected chi connectivity index (χ0v) is 14.6. The molecule has 23 heavy (non-hydrogen) atoms. The van der Waals surface area contributed by atoms with Crippen LogP contribution >= 0.6 is 12.4 Å². The smallest absolute Gasteiger partial charge is 0.252 e. The average molecular weight is 339 g/mol. The number of carbonyl (C=O) groups excluding carboxylic acids is 1. The van der Waals surface area contributed by atoms with Gasteiger partial charge in [-0.2, -0.15) is 4.98 Å². The first-order chi connectivity index (χ1) is 10.4. The van der Waals surface area contributed by atoms with Gasteiger partial charge in [-0.05, 0) is 38.3 Å². The van der Waals surface area contributed by atoms with Gasteiger partial charge in [0.05, 0.1) is 6.42 Å². The molecule has 1 aliphatic heterocycles. The van der Waals surface area contributed by atoms with E-state index >= 15 is 0 Å². The fraction of sp³-hybridized carbons (Fsp3) is 0.600. The van der Waals surface area contributed by atoms with Crippen LogP contribution in [0.15, 0.2) is 6.07 Å². The summed E-state index contributed by atoms with van der Waals surface area (Å²) in [6.45, 7) is 8.08. The van der Waals surface area contributed by atoms with Crippen LogP contribution < -0.4 is 5.73 Å². The molecule has 0 aromatic carbocycles. The Morgan fingerprint density at radius 1 is 1.39 bits per heavy atom. The molecule has 1 unspecified atom stereocenters. The number of amides is 1. The first-order valence-corrected chi connectivity index (χ1v) is 7.58. The lowest BCUT2D eigenvalue weighted by Crippen LogP contribution is -2.35. The van der Waals surface area contributed by atoms with Crippen LogP contribution in [0.2, 0.25) is 0 Å². The van der Waals surface area contributed by atoms with E-state index in [1.165, 1.54) is 0 Å². The van der Waals surface area contributed by atoms with E-state index in [4.69, 9.17) is 5.73 Å². The maximum atomic E-state index is 12.4. The summed E-state index contributed by atoms with van der Waals surface area (Å²) in [6, 6.07) is 1.94. The van der Waals surface area contributed by atoms with Crippen molar-refractivity contribution < 1.29 is 4.79 Å². The minimum Gasteiger partial charge on any atom is -0.342 e. The Hall–Kier alpha value is -1.73. The molecule has 0 spiro atoms. The third-order valence-corrected chi connectivity index (χ3v) is 4.37. The van der Waals surface area contributed by atoms with E-state index in [-0.39, 0.29) is 30.2 Å². The molecule has 3 rings (SSSR count). The fourth-order valence-electron chi connectivity index (χ4n) is 2.93. The Balaban J connectivity index is 0.00000192. The van der Waals surface area contributed by atoms with Gasteiger partial charge in [0.15, 0.2) is 5.82 Å². The zero-order chi connectivity index (χ0) is 15.9. The Morgan fingerprint density at radius 2 is 2.13 bits per heavy atom. The number of nitrogens with two attached hydrogens (primary N) is 1. The molecule has 1 saturated heterocycles. The van der Waals surface area contributed by atoms with Crippen LogP contribution in [0, 0.1) is 19.3 Å². The Kier molecular flexibility index (Phi) is 4.91. The van der Waals surface area contributed by atoms with Gasteiger partial charge in [-0.3, -0.25) is 4.79 Å². The van der Waals surface area contributed by atoms with Crippen LogP contribution in [0.1, 0.15) is 30.6 Å². The number of hydrogen-bond acceptors (Lipinski definition) is 5. The van der Waals surface area contributed by atoms with Crippen LogP contribution in [-0.4, -0.2) is 50.0 Å². The second kappa shape index (κ2) is 6.41. The van der Waals surface area contributed by atoms with E-state index in [0.717, 1.165) is 24.4 Å². The molecule has 3 heterocycles. The van der Waals surface area contributed by atoms with Gasteiger partial charge in [-0.1, -0.05) is 6.92 Å². The van der Waals surface area contributed by atoms with Crippen molar-refractivity contribution >= 4 is 24.1 Å². The highest BCUT2D eigenvalue weighted by molar-refractivity contribution is 5.85. The standard InChI is InChI=1S/C15H22N6O.ClH/c1-10-6-11(2)21-14(17-10)18-12(19-21)7-13(22)20-5-4-15(3,8-16)9-20;/h6H,4-5,7-9,16H2,1-3H3;1H. The van der Waals surface area contributed by atoms with Crippen LogP contribution in [0.4, 0.5) is 0 Å². The summed E-state index contributed by atoms with van der Waals surface area (Å²) >= 11 is 0. The average Bonchev–Trinajstić information content (AvgIpc) is 3.03. The molecule has 1 fully saturated rings. The molecular weight excluding hydrogens is 316 g/mol. The third kappa shape index (κ3) is 3.45. The summed E-state index contributed by atoms with van der Waals surface area (Å²) < 4.78 is 1.68. The number of nitrogens with zero attached hydrogens (tertiary/aromatic N) is 5. The Morgan fingerprint density at radius 3 is 2.78 bits per heavy atom. The van der Waals surface area contributed by atoms with E-state index in [9.17, 15) is 4.79 Å². The van der Waals surface area contributed by atoms with Crippen molar-refractivity contribution in [2.24, 2.45) is 11.1 Å². The van der Waals surface area contributed by atoms with Gasteiger partial charge in [-0.15, -0.1) is 17.5 Å². The second-order valence-corrected chi connectivity index (χ2v) is 6.54. The van der Waals surface area contributed by atoms with Gasteiger partial charge in [-0.25, -0.2) is 9.50 Å². The number of rotatable bonds is 3. The number of halogens is 1. The van der Waals surface area contributed by atoms with Crippen molar-refractivity contribution in [2.45, 2.75) is 33.6 Å². The Labute approximate surface area is 141 Å². The molecule has 7 nitrogen and oxygen atoms in total. The van der Waals surface area contributed by atoms with Gasteiger partial charge in [0, 0.05) is 24.5 Å². The molecule has 2 N–H and O–H groups in total. The molecule has 0 aliphatic carbocycles. The lowest BCUT2D eigenvalue weighted by Gasteiger charge is -2.22. The number of aromatic nitrogens is 4. The van der Waals surface area contributed by atoms with Gasteiger partial charge in [0.1, 0.15) is 0 Å². The highest BCUT2D eigenvalue weighted by atomic mass is 35.5. The van der Waals surface area contributed by atoms with Crippen molar-refractivity contribution in [1.29, 1.82) is 0 Å². The predicted molar refractivity (Wildman–Crippen MR) is 89.6 cm³/mol. The van der Waals surface area contributed by atoms with E-state index in [0.29, 0.717) is 24.7 Å². The largest absolute Gasteiger partial charge is 0.342 e. The van der Waals surface area contributed by atoms with Crippen LogP contribution in [0.25, 0.3) is 5.78 Å². The molecule has 1 aliphatic rings. The van der Waals surface area contributed by atoms with E-state index in [1.807, 2.05) is 24.8 Å². The summed E-state index contributed by atoms with van der Waals surface area (Å²) in [7, 11) is 0.